The number of quaternary nitrogens is 1. The van der Waals surface area contributed by atoms with Gasteiger partial charge in [-0.2, -0.15) is 21.0 Å². The van der Waals surface area contributed by atoms with Crippen LogP contribution in [-0.2, 0) is 46.2 Å². The second-order valence-corrected chi connectivity index (χ2v) is 32.2. The van der Waals surface area contributed by atoms with Gasteiger partial charge in [0.15, 0.2) is 0 Å². The van der Waals surface area contributed by atoms with E-state index >= 15 is 0 Å². The average molecular weight is 1740 g/mol. The maximum atomic E-state index is 12.4. The van der Waals surface area contributed by atoms with Crippen LogP contribution < -0.4 is 24.0 Å². The van der Waals surface area contributed by atoms with Crippen molar-refractivity contribution in [3.63, 3.8) is 0 Å². The number of H-pyrrole nitrogens is 5. The number of aromatic nitrogens is 14. The minimum absolute atomic E-state index is 0. The first-order chi connectivity index (χ1) is 51.2. The zero-order chi connectivity index (χ0) is 80.1. The fourth-order valence-corrected chi connectivity index (χ4v) is 11.9. The number of nitriles is 4. The zero-order valence-electron chi connectivity index (χ0n) is 62.9. The van der Waals surface area contributed by atoms with Crippen molar-refractivity contribution in [3.05, 3.63) is 204 Å². The molecule has 14 aromatic heterocycles. The summed E-state index contributed by atoms with van der Waals surface area (Å²) in [7, 11) is 10.6. The molecule has 14 rings (SSSR count). The van der Waals surface area contributed by atoms with E-state index in [0.717, 1.165) is 83.9 Å². The number of nitrogens with zero attached hydrogens (tertiary/aromatic N) is 15. The van der Waals surface area contributed by atoms with Gasteiger partial charge in [-0.05, 0) is 160 Å². The van der Waals surface area contributed by atoms with Gasteiger partial charge in [-0.1, -0.05) is 81.2 Å². The van der Waals surface area contributed by atoms with Gasteiger partial charge < -0.3 is 67.8 Å². The third kappa shape index (κ3) is 23.7. The molecule has 572 valence electrons. The van der Waals surface area contributed by atoms with E-state index in [1.54, 1.807) is 117 Å². The van der Waals surface area contributed by atoms with Crippen LogP contribution in [0.5, 0.6) is 0 Å². The molecule has 0 aliphatic carbocycles. The minimum Gasteiger partial charge on any atom is -1.00 e. The van der Waals surface area contributed by atoms with Gasteiger partial charge in [-0.25, -0.2) is 53.6 Å². The van der Waals surface area contributed by atoms with E-state index in [2.05, 4.69) is 110 Å². The highest BCUT2D eigenvalue weighted by Gasteiger charge is 2.30. The molecule has 14 aromatic rings. The van der Waals surface area contributed by atoms with Gasteiger partial charge in [0.25, 0.3) is 0 Å². The third-order valence-corrected chi connectivity index (χ3v) is 17.1. The molecule has 0 amide bonds. The quantitative estimate of drug-likeness (QED) is 0.0697. The summed E-state index contributed by atoms with van der Waals surface area (Å²) in [5, 5.41) is 46.4. The molecule has 0 aliphatic rings. The van der Waals surface area contributed by atoms with Crippen LogP contribution in [0.4, 0.5) is 9.59 Å². The second-order valence-electron chi connectivity index (χ2n) is 29.2. The molecule has 0 aromatic carbocycles. The number of nitrogens with one attached hydrogen (secondary N) is 5. The van der Waals surface area contributed by atoms with E-state index < -0.39 is 34.2 Å². The molecule has 0 radical (unpaired) electrons. The molecule has 14 heterocycles. The van der Waals surface area contributed by atoms with E-state index in [0.29, 0.717) is 74.8 Å². The Kier molecular flexibility index (Phi) is 29.8. The van der Waals surface area contributed by atoms with Crippen LogP contribution >= 0.6 is 81.2 Å². The Hall–Kier alpha value is -9.59. The Morgan fingerprint density at radius 2 is 0.818 bits per heavy atom. The zero-order valence-corrected chi connectivity index (χ0v) is 70.3. The average Bonchev–Trinajstić information content (AvgIpc) is 1.60. The summed E-state index contributed by atoms with van der Waals surface area (Å²) in [5.74, 6) is 0. The van der Waals surface area contributed by atoms with Crippen LogP contribution in [0.15, 0.2) is 135 Å². The van der Waals surface area contributed by atoms with Gasteiger partial charge in [0.1, 0.15) is 57.3 Å². The lowest BCUT2D eigenvalue weighted by Gasteiger charge is -2.23. The van der Waals surface area contributed by atoms with E-state index in [1.807, 2.05) is 89.1 Å². The van der Waals surface area contributed by atoms with Gasteiger partial charge in [-0.15, -0.1) is 0 Å². The number of carbonyl (C=O) groups is 2. The lowest BCUT2D eigenvalue weighted by Crippen LogP contribution is -3.00. The van der Waals surface area contributed by atoms with Crippen molar-refractivity contribution >= 4 is 171 Å². The standard InChI is InChI=1S/C16H18ClN3O2.C14H14ClN3O2.C11H15ClN3.C11H10ClN3.C10H12ClN3.C9H6ClN3.C7H5ClN2.HI/c1-15(2,3)22-14(21)20-8-12(16(4,5)9-18)11-6-10(17)7-19-13(11)20;1-14(2,3)20-13(19)18-8-9(4-5-16)11-6-10(15)7-17-12(11)18;1-15(2,3)7-8-5-13-11-10(8)4-9(12)6-14-11;1-11(2,6-13)9-5-15-10-8(9)3-7(12)4-14-10;1-14(2)6-7-4-12-10-9(7)3-8(11)5-13-10;10-7-3-8-6(1-2-11)4-12-9(8)13-5-7;8-6-3-5-1-2-9-7(5)10-4-6;/h6-8H,1-5H3;6-8H,4H2,1-3H3;4-6H,7H2,1-3H3,(H,13,14);3-5H,1-2H3,(H,14,15);3-5H,6H2,1-2H3,(H,12,13);3-5H,1H2,(H,12,13);1-4H,(H,9,10);1H/q;;+1;;;;;/p-1. The molecule has 0 aliphatic heterocycles. The summed E-state index contributed by atoms with van der Waals surface area (Å²) in [6.45, 7) is 19.9. The Labute approximate surface area is 688 Å². The molecule has 24 nitrogen and oxygen atoms in total. The molecule has 110 heavy (non-hydrogen) atoms. The van der Waals surface area contributed by atoms with Gasteiger partial charge in [0.05, 0.1) is 104 Å². The molecule has 0 saturated heterocycles. The summed E-state index contributed by atoms with van der Waals surface area (Å²) < 4.78 is 14.2. The molecule has 0 bridgehead atoms. The molecule has 0 spiro atoms. The number of aromatic amines is 5. The molecule has 5 N–H and O–H groups in total. The van der Waals surface area contributed by atoms with Crippen molar-refractivity contribution in [3.8, 4) is 24.3 Å². The molecular formula is C78H80Cl7IN20O4. The molecule has 0 fully saturated rings. The van der Waals surface area contributed by atoms with Crippen molar-refractivity contribution in [2.45, 2.75) is 117 Å². The highest BCUT2D eigenvalue weighted by Crippen LogP contribution is 2.35. The molecule has 0 saturated carbocycles. The van der Waals surface area contributed by atoms with E-state index in [4.69, 9.17) is 106 Å². The van der Waals surface area contributed by atoms with Crippen LogP contribution in [-0.4, -0.2) is 137 Å². The Balaban J connectivity index is 0.000000180. The van der Waals surface area contributed by atoms with Crippen LogP contribution in [0, 0.1) is 45.3 Å². The van der Waals surface area contributed by atoms with Crippen molar-refractivity contribution in [1.82, 2.24) is 73.8 Å². The Bertz CT molecular complexity index is 5760. The largest absolute Gasteiger partial charge is 1.00 e. The maximum absolute atomic E-state index is 12.4. The SMILES string of the molecule is CC(C)(C#N)c1c[nH]c2ncc(Cl)cc12.CC(C)(C)OC(=O)n1cc(C(C)(C)C#N)c2cc(Cl)cnc21.CC(C)(C)OC(=O)n1cc(CC#N)c2cc(Cl)cnc21.CN(C)Cc1c[nH]c2ncc(Cl)cc12.C[N+](C)(C)Cc1c[nH]c2ncc(Cl)cc12.Clc1cnc2[nH]ccc2c1.N#CCc1c[nH]c2ncc(Cl)cc12.[I-]. The second kappa shape index (κ2) is 37.4. The first kappa shape index (κ1) is 87.6. The normalized spacial score (nSPS) is 11.4. The maximum Gasteiger partial charge on any atom is 0.420 e. The lowest BCUT2D eigenvalue weighted by molar-refractivity contribution is -0.883. The minimum atomic E-state index is -0.780. The highest BCUT2D eigenvalue weighted by molar-refractivity contribution is 6.33. The molecule has 0 unspecified atom stereocenters. The van der Waals surface area contributed by atoms with Gasteiger partial charge in [0, 0.05) is 137 Å². The van der Waals surface area contributed by atoms with Crippen LogP contribution in [0.2, 0.25) is 35.2 Å². The van der Waals surface area contributed by atoms with Gasteiger partial charge in [0.2, 0.25) is 0 Å². The predicted octanol–water partition coefficient (Wildman–Crippen LogP) is 17.0. The monoisotopic (exact) mass is 1730 g/mol. The summed E-state index contributed by atoms with van der Waals surface area (Å²) in [4.78, 5) is 71.0. The number of fused-ring (bicyclic) bond motifs is 7. The Morgan fingerprint density at radius 3 is 1.28 bits per heavy atom. The van der Waals surface area contributed by atoms with Crippen molar-refractivity contribution in [1.29, 1.82) is 21.0 Å². The number of hydrogen-bond donors (Lipinski definition) is 5. The fraction of sp³-hybridized carbons (Fsp3) is 0.295. The summed E-state index contributed by atoms with van der Waals surface area (Å²) in [6.07, 6.45) is 23.1. The fourth-order valence-electron chi connectivity index (χ4n) is 10.8. The van der Waals surface area contributed by atoms with Crippen LogP contribution in [0.25, 0.3) is 77.2 Å². The lowest BCUT2D eigenvalue weighted by atomic mass is 9.86. The molecule has 32 heteroatoms. The smallest absolute Gasteiger partial charge is 0.420 e. The summed E-state index contributed by atoms with van der Waals surface area (Å²) >= 11 is 41.1. The van der Waals surface area contributed by atoms with E-state index in [9.17, 15) is 14.9 Å². The molecular weight excluding hydrogens is 1660 g/mol. The number of rotatable bonds is 8. The van der Waals surface area contributed by atoms with Gasteiger partial charge in [-0.3, -0.25) is 0 Å². The van der Waals surface area contributed by atoms with E-state index in [1.165, 1.54) is 32.7 Å². The van der Waals surface area contributed by atoms with Crippen LogP contribution in [0.3, 0.4) is 0 Å². The topological polar surface area (TPSA) is 330 Å². The number of hydrogen-bond acceptors (Lipinski definition) is 16. The number of carbonyl (C=O) groups excluding carboxylic acids is 2. The van der Waals surface area contributed by atoms with E-state index in [-0.39, 0.29) is 30.4 Å². The number of ether oxygens (including phenoxy) is 2. The van der Waals surface area contributed by atoms with Crippen LogP contribution in [0.1, 0.15) is 103 Å². The van der Waals surface area contributed by atoms with Crippen molar-refractivity contribution in [2.24, 2.45) is 0 Å². The molecule has 0 atom stereocenters. The number of pyridine rings is 7. The third-order valence-electron chi connectivity index (χ3n) is 15.7. The first-order valence-corrected chi connectivity index (χ1v) is 36.2. The summed E-state index contributed by atoms with van der Waals surface area (Å²) in [6, 6.07) is 23.4. The number of halogens is 8. The predicted molar refractivity (Wildman–Crippen MR) is 433 cm³/mol. The highest BCUT2D eigenvalue weighted by atomic mass is 127. The van der Waals surface area contributed by atoms with Crippen molar-refractivity contribution < 1.29 is 47.5 Å². The first-order valence-electron chi connectivity index (χ1n) is 33.6. The summed E-state index contributed by atoms with van der Waals surface area (Å²) in [5.41, 5.74) is 8.27. The van der Waals surface area contributed by atoms with Crippen molar-refractivity contribution in [2.75, 3.05) is 35.2 Å². The Morgan fingerprint density at radius 1 is 0.455 bits per heavy atom. The van der Waals surface area contributed by atoms with Gasteiger partial charge >= 0.3 is 12.2 Å².